The monoisotopic (exact) mass is 328 g/mol. The molecule has 1 N–H and O–H groups in total. The number of carbonyl (C=O) groups is 1. The number of amides is 1. The summed E-state index contributed by atoms with van der Waals surface area (Å²) in [6.45, 7) is 10.2. The number of carbonyl (C=O) groups excluding carboxylic acids is 1. The highest BCUT2D eigenvalue weighted by atomic mass is 32.2. The highest BCUT2D eigenvalue weighted by Gasteiger charge is 2.23. The number of likely N-dealkylation sites (N-methyl/N-ethyl adjacent to an activating group) is 1. The van der Waals surface area contributed by atoms with Crippen LogP contribution in [0.3, 0.4) is 0 Å². The molecule has 0 heterocycles. The Hall–Kier alpha value is -0.480. The topological polar surface area (TPSA) is 32.3 Å². The van der Waals surface area contributed by atoms with E-state index in [4.69, 9.17) is 0 Å². The van der Waals surface area contributed by atoms with E-state index in [-0.39, 0.29) is 11.9 Å². The van der Waals surface area contributed by atoms with E-state index in [1.807, 2.05) is 29.8 Å². The third kappa shape index (κ3) is 9.52. The van der Waals surface area contributed by atoms with E-state index in [1.54, 1.807) is 0 Å². The van der Waals surface area contributed by atoms with Gasteiger partial charge in [0.15, 0.2) is 0 Å². The van der Waals surface area contributed by atoms with Crippen LogP contribution in [0, 0.1) is 0 Å². The van der Waals surface area contributed by atoms with Crippen LogP contribution in [-0.4, -0.2) is 41.6 Å². The summed E-state index contributed by atoms with van der Waals surface area (Å²) in [7, 11) is 1.95. The number of unbranched alkanes of at least 4 members (excludes halogenated alkanes) is 3. The molecule has 0 bridgehead atoms. The minimum absolute atomic E-state index is 0.0351. The first-order chi connectivity index (χ1) is 10.6. The van der Waals surface area contributed by atoms with Gasteiger partial charge < -0.3 is 4.90 Å². The van der Waals surface area contributed by atoms with Gasteiger partial charge in [0.25, 0.3) is 0 Å². The lowest BCUT2D eigenvalue weighted by Crippen LogP contribution is -2.48. The Balaban J connectivity index is 4.40. The lowest BCUT2D eigenvalue weighted by molar-refractivity contribution is -0.134. The lowest BCUT2D eigenvalue weighted by atomic mass is 10.0. The van der Waals surface area contributed by atoms with Crippen molar-refractivity contribution < 1.29 is 4.79 Å². The molecule has 3 nitrogen and oxygen atoms in total. The summed E-state index contributed by atoms with van der Waals surface area (Å²) in [4.78, 5) is 14.6. The predicted octanol–water partition coefficient (Wildman–Crippen LogP) is 4.44. The number of rotatable bonds is 14. The fourth-order valence-corrected chi connectivity index (χ4v) is 2.99. The Kier molecular flexibility index (Phi) is 13.8. The maximum atomic E-state index is 12.7. The zero-order valence-corrected chi connectivity index (χ0v) is 15.9. The Morgan fingerprint density at radius 3 is 2.59 bits per heavy atom. The van der Waals surface area contributed by atoms with E-state index in [2.05, 4.69) is 32.7 Å². The van der Waals surface area contributed by atoms with Gasteiger partial charge in [0.05, 0.1) is 6.04 Å². The summed E-state index contributed by atoms with van der Waals surface area (Å²) in [5, 5.41) is 3.44. The van der Waals surface area contributed by atoms with Crippen molar-refractivity contribution in [3.8, 4) is 0 Å². The minimum Gasteiger partial charge on any atom is -0.342 e. The third-order valence-electron chi connectivity index (χ3n) is 4.05. The van der Waals surface area contributed by atoms with Crippen molar-refractivity contribution in [3.63, 3.8) is 0 Å². The van der Waals surface area contributed by atoms with Crippen LogP contribution in [0.5, 0.6) is 0 Å². The van der Waals surface area contributed by atoms with Gasteiger partial charge in [-0.15, -0.1) is 18.3 Å². The first-order valence-electron chi connectivity index (χ1n) is 8.77. The summed E-state index contributed by atoms with van der Waals surface area (Å²) < 4.78 is 0. The molecule has 0 radical (unpaired) electrons. The van der Waals surface area contributed by atoms with Gasteiger partial charge in [-0.1, -0.05) is 39.2 Å². The van der Waals surface area contributed by atoms with E-state index in [0.29, 0.717) is 6.04 Å². The summed E-state index contributed by atoms with van der Waals surface area (Å²) in [5.41, 5.74) is 0. The highest BCUT2D eigenvalue weighted by Crippen LogP contribution is 2.12. The zero-order valence-electron chi connectivity index (χ0n) is 15.1. The van der Waals surface area contributed by atoms with Gasteiger partial charge in [-0.2, -0.15) is 0 Å². The highest BCUT2D eigenvalue weighted by molar-refractivity contribution is 7.99. The number of thioether (sulfide) groups is 1. The van der Waals surface area contributed by atoms with Crippen LogP contribution in [0.1, 0.15) is 65.7 Å². The summed E-state index contributed by atoms with van der Waals surface area (Å²) in [5.74, 6) is 2.19. The fourth-order valence-electron chi connectivity index (χ4n) is 2.46. The zero-order chi connectivity index (χ0) is 16.8. The molecule has 1 amide bonds. The second-order valence-corrected chi connectivity index (χ2v) is 7.18. The number of nitrogens with zero attached hydrogens (tertiary/aromatic N) is 1. The second-order valence-electron chi connectivity index (χ2n) is 5.91. The maximum Gasteiger partial charge on any atom is 0.239 e. The van der Waals surface area contributed by atoms with E-state index < -0.39 is 0 Å². The molecule has 0 spiro atoms. The molecule has 0 aliphatic carbocycles. The second kappa shape index (κ2) is 14.1. The van der Waals surface area contributed by atoms with Crippen molar-refractivity contribution in [2.24, 2.45) is 0 Å². The molecule has 0 aromatic rings. The van der Waals surface area contributed by atoms with Gasteiger partial charge in [-0.25, -0.2) is 0 Å². The molecule has 0 aliphatic rings. The number of hydrogen-bond donors (Lipinski definition) is 1. The molecule has 0 saturated heterocycles. The number of allylic oxidation sites excluding steroid dienone is 1. The minimum atomic E-state index is -0.0351. The molecule has 0 aromatic carbocycles. The average molecular weight is 329 g/mol. The van der Waals surface area contributed by atoms with Crippen LogP contribution in [-0.2, 0) is 4.79 Å². The molecule has 0 saturated carbocycles. The van der Waals surface area contributed by atoms with E-state index >= 15 is 0 Å². The van der Waals surface area contributed by atoms with Crippen LogP contribution in [0.4, 0.5) is 0 Å². The van der Waals surface area contributed by atoms with Crippen molar-refractivity contribution in [1.82, 2.24) is 10.2 Å². The van der Waals surface area contributed by atoms with Crippen LogP contribution in [0.2, 0.25) is 0 Å². The Morgan fingerprint density at radius 2 is 2.00 bits per heavy atom. The van der Waals surface area contributed by atoms with E-state index in [9.17, 15) is 4.79 Å². The van der Waals surface area contributed by atoms with Gasteiger partial charge in [0.1, 0.15) is 0 Å². The Labute approximate surface area is 142 Å². The van der Waals surface area contributed by atoms with Gasteiger partial charge in [-0.3, -0.25) is 10.1 Å². The fraction of sp³-hybridized carbons (Fsp3) is 0.833. The number of hydrogen-bond acceptors (Lipinski definition) is 3. The third-order valence-corrected chi connectivity index (χ3v) is 4.83. The van der Waals surface area contributed by atoms with E-state index in [0.717, 1.165) is 43.7 Å². The molecular weight excluding hydrogens is 292 g/mol. The SMILES string of the molecule is C=CCCCCC[C@H](NCSCC)C(=O)N(C)C(C)CCC. The standard InChI is InChI=1S/C18H36N2OS/c1-6-9-10-11-12-14-17(19-15-22-8-3)18(21)20(5)16(4)13-7-2/h6,16-17,19H,1,7-15H2,2-5H3/t16?,17-/m0/s1. The molecule has 0 aromatic heterocycles. The predicted molar refractivity (Wildman–Crippen MR) is 100 cm³/mol. The molecule has 130 valence electrons. The van der Waals surface area contributed by atoms with Gasteiger partial charge in [-0.05, 0) is 38.4 Å². The van der Waals surface area contributed by atoms with Crippen molar-refractivity contribution in [2.75, 3.05) is 18.7 Å². The van der Waals surface area contributed by atoms with Crippen molar-refractivity contribution >= 4 is 17.7 Å². The Bertz CT molecular complexity index is 297. The van der Waals surface area contributed by atoms with Gasteiger partial charge in [0, 0.05) is 19.0 Å². The molecule has 22 heavy (non-hydrogen) atoms. The first kappa shape index (κ1) is 21.5. The summed E-state index contributed by atoms with van der Waals surface area (Å²) in [6, 6.07) is 0.286. The molecule has 0 aliphatic heterocycles. The summed E-state index contributed by atoms with van der Waals surface area (Å²) in [6.07, 6.45) is 9.61. The van der Waals surface area contributed by atoms with Crippen LogP contribution in [0.15, 0.2) is 12.7 Å². The van der Waals surface area contributed by atoms with Crippen LogP contribution < -0.4 is 5.32 Å². The lowest BCUT2D eigenvalue weighted by Gasteiger charge is -2.29. The molecule has 4 heteroatoms. The number of nitrogens with one attached hydrogen (secondary N) is 1. The average Bonchev–Trinajstić information content (AvgIpc) is 2.52. The van der Waals surface area contributed by atoms with E-state index in [1.165, 1.54) is 12.8 Å². The normalized spacial score (nSPS) is 13.6. The molecular formula is C18H36N2OS. The molecule has 2 atom stereocenters. The van der Waals surface area contributed by atoms with Crippen LogP contribution in [0.25, 0.3) is 0 Å². The van der Waals surface area contributed by atoms with Crippen molar-refractivity contribution in [2.45, 2.75) is 77.8 Å². The Morgan fingerprint density at radius 1 is 1.27 bits per heavy atom. The van der Waals surface area contributed by atoms with Gasteiger partial charge in [0.2, 0.25) is 5.91 Å². The quantitative estimate of drug-likeness (QED) is 0.291. The molecule has 0 rings (SSSR count). The first-order valence-corrected chi connectivity index (χ1v) is 9.92. The maximum absolute atomic E-state index is 12.7. The molecule has 1 unspecified atom stereocenters. The largest absolute Gasteiger partial charge is 0.342 e. The van der Waals surface area contributed by atoms with Gasteiger partial charge >= 0.3 is 0 Å². The smallest absolute Gasteiger partial charge is 0.239 e. The van der Waals surface area contributed by atoms with Crippen LogP contribution >= 0.6 is 11.8 Å². The summed E-state index contributed by atoms with van der Waals surface area (Å²) >= 11 is 1.84. The molecule has 0 fully saturated rings. The van der Waals surface area contributed by atoms with Crippen molar-refractivity contribution in [1.29, 1.82) is 0 Å². The van der Waals surface area contributed by atoms with Crippen molar-refractivity contribution in [3.05, 3.63) is 12.7 Å².